The van der Waals surface area contributed by atoms with Gasteiger partial charge in [-0.15, -0.1) is 12.4 Å². The summed E-state index contributed by atoms with van der Waals surface area (Å²) in [4.78, 5) is 4.50. The fraction of sp³-hybridized carbons (Fsp3) is 0.615. The maximum Gasteiger partial charge on any atom is 0.261 e. The Labute approximate surface area is 123 Å². The van der Waals surface area contributed by atoms with Crippen molar-refractivity contribution in [3.63, 3.8) is 0 Å². The van der Waals surface area contributed by atoms with Crippen LogP contribution in [0.1, 0.15) is 49.5 Å². The third kappa shape index (κ3) is 1.94. The summed E-state index contributed by atoms with van der Waals surface area (Å²) in [5.41, 5.74) is 8.02. The molecule has 0 amide bonds. The highest BCUT2D eigenvalue weighted by molar-refractivity contribution is 5.85. The highest BCUT2D eigenvalue weighted by atomic mass is 35.5. The number of rotatable bonds is 3. The molecular formula is C13H18ClN5O. The van der Waals surface area contributed by atoms with E-state index >= 15 is 0 Å². The number of aryl methyl sites for hydroxylation is 1. The number of aromatic nitrogens is 4. The number of hydrogen-bond acceptors (Lipinski definition) is 5. The molecule has 0 bridgehead atoms. The van der Waals surface area contributed by atoms with Crippen LogP contribution < -0.4 is 5.73 Å². The van der Waals surface area contributed by atoms with Gasteiger partial charge in [0.1, 0.15) is 0 Å². The maximum absolute atomic E-state index is 6.23. The van der Waals surface area contributed by atoms with Crippen molar-refractivity contribution in [1.82, 2.24) is 19.9 Å². The Balaban J connectivity index is 0.00000121. The summed E-state index contributed by atoms with van der Waals surface area (Å²) in [6.07, 6.45) is 7.27. The molecule has 0 aromatic carbocycles. The summed E-state index contributed by atoms with van der Waals surface area (Å²) >= 11 is 0. The molecule has 20 heavy (non-hydrogen) atoms. The average molecular weight is 296 g/mol. The first-order chi connectivity index (χ1) is 9.17. The lowest BCUT2D eigenvalue weighted by Crippen LogP contribution is -2.44. The normalized spacial score (nSPS) is 20.3. The number of halogens is 1. The second-order valence-corrected chi connectivity index (χ2v) is 5.77. The van der Waals surface area contributed by atoms with Crippen LogP contribution in [-0.4, -0.2) is 19.9 Å². The lowest BCUT2D eigenvalue weighted by molar-refractivity contribution is 0.229. The third-order valence-corrected chi connectivity index (χ3v) is 4.30. The largest absolute Gasteiger partial charge is 0.334 e. The molecule has 0 radical (unpaired) electrons. The van der Waals surface area contributed by atoms with Crippen molar-refractivity contribution in [2.75, 3.05) is 0 Å². The first kappa shape index (κ1) is 13.6. The van der Waals surface area contributed by atoms with Crippen LogP contribution in [0.25, 0.3) is 11.5 Å². The van der Waals surface area contributed by atoms with Crippen molar-refractivity contribution in [2.24, 2.45) is 12.8 Å². The van der Waals surface area contributed by atoms with Crippen molar-refractivity contribution in [1.29, 1.82) is 0 Å². The van der Waals surface area contributed by atoms with E-state index in [1.807, 2.05) is 17.9 Å². The Morgan fingerprint density at radius 2 is 2.15 bits per heavy atom. The second-order valence-electron chi connectivity index (χ2n) is 5.77. The lowest BCUT2D eigenvalue weighted by atomic mass is 9.77. The SMILES string of the molecule is Cl.Cn1ncc(-c2nc(C3(N)CCC3)no2)c1C1CC1. The molecule has 108 valence electrons. The van der Waals surface area contributed by atoms with Crippen LogP contribution in [0.15, 0.2) is 10.7 Å². The van der Waals surface area contributed by atoms with Crippen LogP contribution in [-0.2, 0) is 12.6 Å². The fourth-order valence-corrected chi connectivity index (χ4v) is 2.77. The number of hydrogen-bond donors (Lipinski definition) is 1. The molecule has 4 rings (SSSR count). The fourth-order valence-electron chi connectivity index (χ4n) is 2.77. The van der Waals surface area contributed by atoms with Gasteiger partial charge in [-0.2, -0.15) is 10.1 Å². The first-order valence-corrected chi connectivity index (χ1v) is 6.83. The van der Waals surface area contributed by atoms with E-state index in [1.165, 1.54) is 18.5 Å². The van der Waals surface area contributed by atoms with Gasteiger partial charge in [0, 0.05) is 13.0 Å². The van der Waals surface area contributed by atoms with Gasteiger partial charge in [-0.1, -0.05) is 5.16 Å². The molecule has 2 aliphatic carbocycles. The minimum atomic E-state index is -0.371. The predicted octanol–water partition coefficient (Wildman–Crippen LogP) is 2.11. The van der Waals surface area contributed by atoms with E-state index < -0.39 is 0 Å². The van der Waals surface area contributed by atoms with Crippen molar-refractivity contribution in [3.05, 3.63) is 17.7 Å². The van der Waals surface area contributed by atoms with Crippen molar-refractivity contribution < 1.29 is 4.52 Å². The smallest absolute Gasteiger partial charge is 0.261 e. The van der Waals surface area contributed by atoms with Crippen molar-refractivity contribution in [3.8, 4) is 11.5 Å². The van der Waals surface area contributed by atoms with Gasteiger partial charge in [0.25, 0.3) is 5.89 Å². The van der Waals surface area contributed by atoms with Crippen LogP contribution in [0.5, 0.6) is 0 Å². The summed E-state index contributed by atoms with van der Waals surface area (Å²) in [5, 5.41) is 8.39. The Morgan fingerprint density at radius 1 is 1.40 bits per heavy atom. The van der Waals surface area contributed by atoms with Crippen molar-refractivity contribution >= 4 is 12.4 Å². The Kier molecular flexibility index (Phi) is 3.10. The van der Waals surface area contributed by atoms with Crippen molar-refractivity contribution in [2.45, 2.75) is 43.6 Å². The molecule has 2 aromatic heterocycles. The molecule has 2 aliphatic rings. The molecular weight excluding hydrogens is 278 g/mol. The lowest BCUT2D eigenvalue weighted by Gasteiger charge is -2.34. The molecule has 2 fully saturated rings. The highest BCUT2D eigenvalue weighted by Crippen LogP contribution is 2.44. The van der Waals surface area contributed by atoms with Gasteiger partial charge < -0.3 is 10.3 Å². The molecule has 0 atom stereocenters. The van der Waals surface area contributed by atoms with Crippen LogP contribution in [0.3, 0.4) is 0 Å². The Hall–Kier alpha value is -1.40. The standard InChI is InChI=1S/C13H17N5O.ClH/c1-18-10(8-3-4-8)9(7-15-18)11-16-12(17-19-11)13(14)5-2-6-13;/h7-8H,2-6,14H2,1H3;1H. The first-order valence-electron chi connectivity index (χ1n) is 6.83. The predicted molar refractivity (Wildman–Crippen MR) is 75.4 cm³/mol. The quantitative estimate of drug-likeness (QED) is 0.937. The van der Waals surface area contributed by atoms with E-state index in [0.29, 0.717) is 17.6 Å². The Morgan fingerprint density at radius 3 is 2.75 bits per heavy atom. The van der Waals surface area contributed by atoms with Gasteiger partial charge in [0.05, 0.1) is 23.0 Å². The topological polar surface area (TPSA) is 82.8 Å². The number of nitrogens with zero attached hydrogens (tertiary/aromatic N) is 4. The molecule has 2 heterocycles. The third-order valence-electron chi connectivity index (χ3n) is 4.30. The average Bonchev–Trinajstić information content (AvgIpc) is 2.94. The van der Waals surface area contributed by atoms with Crippen LogP contribution in [0.4, 0.5) is 0 Å². The summed E-state index contributed by atoms with van der Waals surface area (Å²) in [5.74, 6) is 1.79. The molecule has 0 aliphatic heterocycles. The summed E-state index contributed by atoms with van der Waals surface area (Å²) in [7, 11) is 1.96. The second kappa shape index (κ2) is 4.56. The van der Waals surface area contributed by atoms with E-state index in [1.54, 1.807) is 0 Å². The van der Waals surface area contributed by atoms with E-state index in [0.717, 1.165) is 24.8 Å². The van der Waals surface area contributed by atoms with E-state index in [9.17, 15) is 0 Å². The highest BCUT2D eigenvalue weighted by Gasteiger charge is 2.39. The Bertz CT molecular complexity index is 626. The zero-order chi connectivity index (χ0) is 13.0. The van der Waals surface area contributed by atoms with E-state index in [2.05, 4.69) is 15.2 Å². The van der Waals surface area contributed by atoms with Gasteiger partial charge in [0.2, 0.25) is 0 Å². The van der Waals surface area contributed by atoms with Gasteiger partial charge in [-0.3, -0.25) is 4.68 Å². The molecule has 7 heteroatoms. The molecule has 2 N–H and O–H groups in total. The molecule has 0 spiro atoms. The molecule has 2 aromatic rings. The molecule has 0 unspecified atom stereocenters. The molecule has 2 saturated carbocycles. The van der Waals surface area contributed by atoms with Gasteiger partial charge >= 0.3 is 0 Å². The van der Waals surface area contributed by atoms with Gasteiger partial charge in [-0.05, 0) is 32.1 Å². The zero-order valence-electron chi connectivity index (χ0n) is 11.4. The minimum absolute atomic E-state index is 0. The summed E-state index contributed by atoms with van der Waals surface area (Å²) in [6, 6.07) is 0. The van der Waals surface area contributed by atoms with E-state index in [-0.39, 0.29) is 17.9 Å². The maximum atomic E-state index is 6.23. The zero-order valence-corrected chi connectivity index (χ0v) is 12.2. The summed E-state index contributed by atoms with van der Waals surface area (Å²) in [6.45, 7) is 0. The van der Waals surface area contributed by atoms with E-state index in [4.69, 9.17) is 10.3 Å². The van der Waals surface area contributed by atoms with Crippen LogP contribution in [0.2, 0.25) is 0 Å². The monoisotopic (exact) mass is 295 g/mol. The molecule has 0 saturated heterocycles. The minimum Gasteiger partial charge on any atom is -0.334 e. The number of nitrogens with two attached hydrogens (primary N) is 1. The summed E-state index contributed by atoms with van der Waals surface area (Å²) < 4.78 is 7.33. The van der Waals surface area contributed by atoms with Crippen LogP contribution in [0, 0.1) is 0 Å². The molecule has 6 nitrogen and oxygen atoms in total. The van der Waals surface area contributed by atoms with Crippen LogP contribution >= 0.6 is 12.4 Å². The van der Waals surface area contributed by atoms with Gasteiger partial charge in [-0.25, -0.2) is 0 Å². The van der Waals surface area contributed by atoms with Gasteiger partial charge in [0.15, 0.2) is 5.82 Å².